The summed E-state index contributed by atoms with van der Waals surface area (Å²) in [6, 6.07) is 14.9. The summed E-state index contributed by atoms with van der Waals surface area (Å²) in [6.07, 6.45) is 0. The summed E-state index contributed by atoms with van der Waals surface area (Å²) in [4.78, 5) is 23.9. The molecule has 0 aromatic heterocycles. The molecule has 0 saturated heterocycles. The molecule has 0 bridgehead atoms. The van der Waals surface area contributed by atoms with Gasteiger partial charge in [-0.3, -0.25) is 4.79 Å². The Morgan fingerprint density at radius 3 is 1.80 bits per heavy atom. The van der Waals surface area contributed by atoms with E-state index in [1.54, 1.807) is 12.1 Å². The van der Waals surface area contributed by atoms with Crippen LogP contribution in [0.2, 0.25) is 0 Å². The van der Waals surface area contributed by atoms with Crippen LogP contribution in [0.4, 0.5) is 5.69 Å². The molecule has 0 aliphatic rings. The number of benzene rings is 2. The second kappa shape index (κ2) is 8.47. The monoisotopic (exact) mass is 339 g/mol. The van der Waals surface area contributed by atoms with Crippen LogP contribution < -0.4 is 5.32 Å². The summed E-state index contributed by atoms with van der Waals surface area (Å²) in [5.41, 5.74) is 3.48. The van der Waals surface area contributed by atoms with Gasteiger partial charge in [0.25, 0.3) is 5.91 Å². The van der Waals surface area contributed by atoms with Crippen LogP contribution in [0.25, 0.3) is 0 Å². The van der Waals surface area contributed by atoms with Gasteiger partial charge in [0.1, 0.15) is 0 Å². The summed E-state index contributed by atoms with van der Waals surface area (Å²) in [7, 11) is 0. The highest BCUT2D eigenvalue weighted by Gasteiger charge is 2.11. The van der Waals surface area contributed by atoms with E-state index in [2.05, 4.69) is 33.0 Å². The molecule has 2 rings (SSSR count). The SMILES string of the molecule is CC(C)c1ccc(NC(=O)COC(=O)c2ccc(C(C)C)cc2)cc1. The van der Waals surface area contributed by atoms with Crippen LogP contribution in [0.1, 0.15) is 61.0 Å². The van der Waals surface area contributed by atoms with E-state index in [-0.39, 0.29) is 12.5 Å². The van der Waals surface area contributed by atoms with Crippen LogP contribution in [0.15, 0.2) is 48.5 Å². The van der Waals surface area contributed by atoms with Gasteiger partial charge in [0, 0.05) is 5.69 Å². The van der Waals surface area contributed by atoms with Crippen molar-refractivity contribution in [2.75, 3.05) is 11.9 Å². The number of rotatable bonds is 6. The van der Waals surface area contributed by atoms with Gasteiger partial charge in [0.05, 0.1) is 5.56 Å². The molecule has 0 saturated carbocycles. The van der Waals surface area contributed by atoms with Crippen LogP contribution in [0.3, 0.4) is 0 Å². The number of nitrogens with one attached hydrogen (secondary N) is 1. The van der Waals surface area contributed by atoms with Crippen LogP contribution >= 0.6 is 0 Å². The molecule has 0 fully saturated rings. The fourth-order valence-electron chi connectivity index (χ4n) is 2.37. The van der Waals surface area contributed by atoms with Crippen molar-refractivity contribution in [3.05, 3.63) is 65.2 Å². The third kappa shape index (κ3) is 5.45. The first-order valence-electron chi connectivity index (χ1n) is 8.53. The topological polar surface area (TPSA) is 55.4 Å². The average Bonchev–Trinajstić information content (AvgIpc) is 2.60. The highest BCUT2D eigenvalue weighted by Crippen LogP contribution is 2.17. The number of hydrogen-bond donors (Lipinski definition) is 1. The Balaban J connectivity index is 1.85. The van der Waals surface area contributed by atoms with Crippen LogP contribution in [0, 0.1) is 0 Å². The Kier molecular flexibility index (Phi) is 6.34. The largest absolute Gasteiger partial charge is 0.452 e. The van der Waals surface area contributed by atoms with E-state index in [1.807, 2.05) is 36.4 Å². The molecule has 132 valence electrons. The van der Waals surface area contributed by atoms with Crippen molar-refractivity contribution in [1.29, 1.82) is 0 Å². The Hall–Kier alpha value is -2.62. The van der Waals surface area contributed by atoms with E-state index in [9.17, 15) is 9.59 Å². The lowest BCUT2D eigenvalue weighted by Gasteiger charge is -2.09. The molecule has 0 spiro atoms. The van der Waals surface area contributed by atoms with Crippen molar-refractivity contribution in [2.24, 2.45) is 0 Å². The third-order valence-electron chi connectivity index (χ3n) is 4.01. The maximum absolute atomic E-state index is 12.0. The van der Waals surface area contributed by atoms with Crippen molar-refractivity contribution in [2.45, 2.75) is 39.5 Å². The second-order valence-corrected chi connectivity index (χ2v) is 6.68. The molecule has 2 aromatic rings. The Labute approximate surface area is 149 Å². The van der Waals surface area contributed by atoms with Gasteiger partial charge in [0.15, 0.2) is 6.61 Å². The predicted molar refractivity (Wildman–Crippen MR) is 100.0 cm³/mol. The van der Waals surface area contributed by atoms with Crippen molar-refractivity contribution >= 4 is 17.6 Å². The molecule has 2 aromatic carbocycles. The van der Waals surface area contributed by atoms with E-state index < -0.39 is 5.97 Å². The first-order valence-corrected chi connectivity index (χ1v) is 8.53. The van der Waals surface area contributed by atoms with Crippen LogP contribution in [-0.4, -0.2) is 18.5 Å². The number of anilines is 1. The number of amides is 1. The molecule has 25 heavy (non-hydrogen) atoms. The molecule has 4 nitrogen and oxygen atoms in total. The van der Waals surface area contributed by atoms with Crippen molar-refractivity contribution in [3.8, 4) is 0 Å². The molecular formula is C21H25NO3. The Morgan fingerprint density at radius 1 is 0.840 bits per heavy atom. The highest BCUT2D eigenvalue weighted by molar-refractivity contribution is 5.95. The Morgan fingerprint density at radius 2 is 1.32 bits per heavy atom. The number of carbonyl (C=O) groups is 2. The zero-order chi connectivity index (χ0) is 18.4. The van der Waals surface area contributed by atoms with E-state index in [1.165, 1.54) is 5.56 Å². The molecule has 0 aliphatic heterocycles. The number of hydrogen-bond acceptors (Lipinski definition) is 3. The minimum atomic E-state index is -0.499. The van der Waals surface area contributed by atoms with E-state index in [4.69, 9.17) is 4.74 Å². The van der Waals surface area contributed by atoms with Gasteiger partial charge in [-0.05, 0) is 47.2 Å². The molecule has 4 heteroatoms. The maximum atomic E-state index is 12.0. The molecule has 0 radical (unpaired) electrons. The van der Waals surface area contributed by atoms with Crippen molar-refractivity contribution < 1.29 is 14.3 Å². The molecular weight excluding hydrogens is 314 g/mol. The van der Waals surface area contributed by atoms with Gasteiger partial charge in [-0.15, -0.1) is 0 Å². The molecule has 0 aliphatic carbocycles. The van der Waals surface area contributed by atoms with E-state index in [0.29, 0.717) is 23.1 Å². The summed E-state index contributed by atoms with van der Waals surface area (Å²) in [5.74, 6) is -0.0178. The highest BCUT2D eigenvalue weighted by atomic mass is 16.5. The van der Waals surface area contributed by atoms with Gasteiger partial charge >= 0.3 is 5.97 Å². The average molecular weight is 339 g/mol. The first-order chi connectivity index (χ1) is 11.9. The number of esters is 1. The standard InChI is InChI=1S/C21H25NO3/c1-14(2)16-5-7-18(8-6-16)21(24)25-13-20(23)22-19-11-9-17(10-12-19)15(3)4/h5-12,14-15H,13H2,1-4H3,(H,22,23). The fourth-order valence-corrected chi connectivity index (χ4v) is 2.37. The first kappa shape index (κ1) is 18.7. The molecule has 1 amide bonds. The minimum absolute atomic E-state index is 0.309. The molecule has 0 heterocycles. The van der Waals surface area contributed by atoms with Gasteiger partial charge in [-0.2, -0.15) is 0 Å². The van der Waals surface area contributed by atoms with Gasteiger partial charge < -0.3 is 10.1 Å². The lowest BCUT2D eigenvalue weighted by Crippen LogP contribution is -2.20. The lowest BCUT2D eigenvalue weighted by molar-refractivity contribution is -0.119. The Bertz CT molecular complexity index is 716. The predicted octanol–water partition coefficient (Wildman–Crippen LogP) is 4.73. The van der Waals surface area contributed by atoms with Gasteiger partial charge in [0.2, 0.25) is 0 Å². The molecule has 1 N–H and O–H groups in total. The summed E-state index contributed by atoms with van der Waals surface area (Å²) >= 11 is 0. The zero-order valence-electron chi connectivity index (χ0n) is 15.2. The van der Waals surface area contributed by atoms with Gasteiger partial charge in [-0.1, -0.05) is 52.0 Å². The summed E-state index contributed by atoms with van der Waals surface area (Å²) < 4.78 is 5.07. The van der Waals surface area contributed by atoms with Crippen molar-refractivity contribution in [1.82, 2.24) is 0 Å². The summed E-state index contributed by atoms with van der Waals surface area (Å²) in [6.45, 7) is 8.09. The van der Waals surface area contributed by atoms with E-state index >= 15 is 0 Å². The van der Waals surface area contributed by atoms with Crippen LogP contribution in [0.5, 0.6) is 0 Å². The zero-order valence-corrected chi connectivity index (χ0v) is 15.2. The minimum Gasteiger partial charge on any atom is -0.452 e. The van der Waals surface area contributed by atoms with E-state index in [0.717, 1.165) is 5.56 Å². The normalized spacial score (nSPS) is 10.8. The molecule has 0 unspecified atom stereocenters. The fraction of sp³-hybridized carbons (Fsp3) is 0.333. The molecule has 0 atom stereocenters. The number of carbonyl (C=O) groups excluding carboxylic acids is 2. The quantitative estimate of drug-likeness (QED) is 0.774. The third-order valence-corrected chi connectivity index (χ3v) is 4.01. The second-order valence-electron chi connectivity index (χ2n) is 6.68. The van der Waals surface area contributed by atoms with Gasteiger partial charge in [-0.25, -0.2) is 4.79 Å². The maximum Gasteiger partial charge on any atom is 0.338 e. The summed E-state index contributed by atoms with van der Waals surface area (Å²) in [5, 5.41) is 2.72. The van der Waals surface area contributed by atoms with Crippen LogP contribution in [-0.2, 0) is 9.53 Å². The smallest absolute Gasteiger partial charge is 0.338 e. The lowest BCUT2D eigenvalue weighted by atomic mass is 10.0. The van der Waals surface area contributed by atoms with Crippen molar-refractivity contribution in [3.63, 3.8) is 0 Å². The number of ether oxygens (including phenoxy) is 1.